The number of carbonyl (C=O) groups excluding carboxylic acids is 2. The molecule has 1 aliphatic heterocycles. The van der Waals surface area contributed by atoms with Crippen molar-refractivity contribution >= 4 is 12.0 Å². The maximum Gasteiger partial charge on any atom is 0.407 e. The summed E-state index contributed by atoms with van der Waals surface area (Å²) in [6.45, 7) is 10.0. The Morgan fingerprint density at radius 3 is 2.57 bits per heavy atom. The van der Waals surface area contributed by atoms with E-state index in [1.54, 1.807) is 0 Å². The van der Waals surface area contributed by atoms with E-state index in [2.05, 4.69) is 15.5 Å². The molecule has 0 aromatic heterocycles. The number of hydrogen-bond donors (Lipinski definition) is 3. The van der Waals surface area contributed by atoms with Crippen LogP contribution in [0.5, 0.6) is 0 Å². The summed E-state index contributed by atoms with van der Waals surface area (Å²) in [5, 5.41) is 14.9. The molecule has 0 aliphatic carbocycles. The van der Waals surface area contributed by atoms with Gasteiger partial charge < -0.3 is 20.5 Å². The van der Waals surface area contributed by atoms with E-state index in [0.29, 0.717) is 18.9 Å². The molecule has 1 aliphatic rings. The van der Waals surface area contributed by atoms with E-state index in [0.717, 1.165) is 26.1 Å². The van der Waals surface area contributed by atoms with Gasteiger partial charge in [0.1, 0.15) is 5.60 Å². The van der Waals surface area contributed by atoms with Gasteiger partial charge in [-0.3, -0.25) is 9.69 Å². The largest absolute Gasteiger partial charge is 0.444 e. The molecule has 1 heterocycles. The average molecular weight is 329 g/mol. The zero-order chi connectivity index (χ0) is 17.5. The van der Waals surface area contributed by atoms with Crippen molar-refractivity contribution in [2.45, 2.75) is 52.2 Å². The number of nitrogens with one attached hydrogen (secondary N) is 2. The van der Waals surface area contributed by atoms with Crippen molar-refractivity contribution in [3.05, 3.63) is 0 Å². The van der Waals surface area contributed by atoms with Crippen LogP contribution in [-0.2, 0) is 9.53 Å². The van der Waals surface area contributed by atoms with Gasteiger partial charge in [-0.2, -0.15) is 0 Å². The van der Waals surface area contributed by atoms with Crippen molar-refractivity contribution in [3.63, 3.8) is 0 Å². The molecule has 3 N–H and O–H groups in total. The van der Waals surface area contributed by atoms with Gasteiger partial charge in [0.15, 0.2) is 0 Å². The second-order valence-electron chi connectivity index (χ2n) is 7.20. The Balaban J connectivity index is 2.52. The fourth-order valence-corrected chi connectivity index (χ4v) is 2.85. The van der Waals surface area contributed by atoms with Crippen molar-refractivity contribution in [2.24, 2.45) is 5.92 Å². The van der Waals surface area contributed by atoms with Gasteiger partial charge in [-0.15, -0.1) is 0 Å². The number of carbonyl (C=O) groups is 2. The lowest BCUT2D eigenvalue weighted by Gasteiger charge is -2.38. The highest BCUT2D eigenvalue weighted by atomic mass is 16.6. The number of alkyl carbamates (subject to hydrolysis) is 1. The third-order valence-electron chi connectivity index (χ3n) is 3.67. The van der Waals surface area contributed by atoms with E-state index in [1.807, 2.05) is 20.8 Å². The maximum absolute atomic E-state index is 11.9. The number of rotatable bonds is 6. The monoisotopic (exact) mass is 329 g/mol. The summed E-state index contributed by atoms with van der Waals surface area (Å²) in [6.07, 6.45) is 1.13. The highest BCUT2D eigenvalue weighted by Crippen LogP contribution is 2.20. The number of nitrogens with zero attached hydrogens (tertiary/aromatic N) is 1. The van der Waals surface area contributed by atoms with Gasteiger partial charge in [0.2, 0.25) is 5.91 Å². The van der Waals surface area contributed by atoms with E-state index in [-0.39, 0.29) is 18.6 Å². The molecule has 2 atom stereocenters. The Bertz CT molecular complexity index is 395. The van der Waals surface area contributed by atoms with Gasteiger partial charge in [0.05, 0.1) is 0 Å². The molecule has 7 heteroatoms. The average Bonchev–Trinajstić information content (AvgIpc) is 2.35. The smallest absolute Gasteiger partial charge is 0.407 e. The van der Waals surface area contributed by atoms with Crippen molar-refractivity contribution in [1.29, 1.82) is 0 Å². The zero-order valence-corrected chi connectivity index (χ0v) is 14.7. The molecule has 2 amide bonds. The Morgan fingerprint density at radius 1 is 1.30 bits per heavy atom. The number of likely N-dealkylation sites (tertiary alicyclic amines) is 1. The second-order valence-corrected chi connectivity index (χ2v) is 7.20. The molecule has 1 saturated heterocycles. The molecule has 0 radical (unpaired) electrons. The van der Waals surface area contributed by atoms with Crippen LogP contribution in [0.3, 0.4) is 0 Å². The summed E-state index contributed by atoms with van der Waals surface area (Å²) in [5.74, 6) is 0.281. The Hall–Kier alpha value is -1.34. The maximum atomic E-state index is 11.9. The highest BCUT2D eigenvalue weighted by molar-refractivity contribution is 5.72. The van der Waals surface area contributed by atoms with Gasteiger partial charge in [-0.05, 0) is 39.5 Å². The summed E-state index contributed by atoms with van der Waals surface area (Å²) in [4.78, 5) is 25.1. The molecular weight excluding hydrogens is 298 g/mol. The highest BCUT2D eigenvalue weighted by Gasteiger charge is 2.29. The van der Waals surface area contributed by atoms with Crippen LogP contribution in [0.15, 0.2) is 0 Å². The number of ether oxygens (including phenoxy) is 1. The number of amides is 2. The molecule has 0 saturated carbocycles. The van der Waals surface area contributed by atoms with Gasteiger partial charge in [-0.25, -0.2) is 4.79 Å². The number of aliphatic hydroxyl groups is 1. The molecule has 0 aromatic rings. The van der Waals surface area contributed by atoms with Crippen molar-refractivity contribution in [1.82, 2.24) is 15.5 Å². The minimum atomic E-state index is -0.519. The van der Waals surface area contributed by atoms with Gasteiger partial charge in [0, 0.05) is 45.8 Å². The third kappa shape index (κ3) is 8.76. The molecule has 0 bridgehead atoms. The molecule has 1 rings (SSSR count). The topological polar surface area (TPSA) is 90.9 Å². The van der Waals surface area contributed by atoms with Crippen LogP contribution in [0.1, 0.15) is 40.5 Å². The lowest BCUT2D eigenvalue weighted by atomic mass is 9.92. The summed E-state index contributed by atoms with van der Waals surface area (Å²) in [5.41, 5.74) is -0.519. The molecule has 2 unspecified atom stereocenters. The number of piperidine rings is 1. The van der Waals surface area contributed by atoms with Crippen molar-refractivity contribution < 1.29 is 19.4 Å². The first kappa shape index (κ1) is 19.7. The first-order valence-electron chi connectivity index (χ1n) is 8.26. The lowest BCUT2D eigenvalue weighted by Crippen LogP contribution is -2.53. The molecular formula is C16H31N3O4. The summed E-state index contributed by atoms with van der Waals surface area (Å²) < 4.78 is 5.31. The van der Waals surface area contributed by atoms with E-state index >= 15 is 0 Å². The third-order valence-corrected chi connectivity index (χ3v) is 3.67. The van der Waals surface area contributed by atoms with E-state index in [9.17, 15) is 14.7 Å². The second kappa shape index (κ2) is 9.08. The van der Waals surface area contributed by atoms with Crippen molar-refractivity contribution in [2.75, 3.05) is 32.8 Å². The van der Waals surface area contributed by atoms with Crippen molar-refractivity contribution in [3.8, 4) is 0 Å². The lowest BCUT2D eigenvalue weighted by molar-refractivity contribution is -0.119. The fraction of sp³-hybridized carbons (Fsp3) is 0.875. The Kier molecular flexibility index (Phi) is 7.78. The fourth-order valence-electron chi connectivity index (χ4n) is 2.85. The van der Waals surface area contributed by atoms with Crippen LogP contribution in [0.2, 0.25) is 0 Å². The van der Waals surface area contributed by atoms with Crippen LogP contribution in [-0.4, -0.2) is 66.4 Å². The summed E-state index contributed by atoms with van der Waals surface area (Å²) in [6, 6.07) is -0.00696. The van der Waals surface area contributed by atoms with E-state index in [1.165, 1.54) is 6.92 Å². The zero-order valence-electron chi connectivity index (χ0n) is 14.7. The predicted octanol–water partition coefficient (Wildman–Crippen LogP) is 0.720. The first-order valence-corrected chi connectivity index (χ1v) is 8.26. The molecule has 23 heavy (non-hydrogen) atoms. The van der Waals surface area contributed by atoms with E-state index < -0.39 is 11.7 Å². The standard InChI is InChI=1S/C16H31N3O4/c1-12(21)17-6-7-19-10-13(5-8-20)9-14(11-19)18-15(22)23-16(2,3)4/h13-14,20H,5-11H2,1-4H3,(H,17,21)(H,18,22). The minimum absolute atomic E-state index is 0.00696. The Labute approximate surface area is 138 Å². The van der Waals surface area contributed by atoms with Crippen LogP contribution in [0.4, 0.5) is 4.79 Å². The molecule has 0 aromatic carbocycles. The van der Waals surface area contributed by atoms with Crippen LogP contribution in [0, 0.1) is 5.92 Å². The molecule has 134 valence electrons. The predicted molar refractivity (Wildman–Crippen MR) is 88.1 cm³/mol. The van der Waals surface area contributed by atoms with Gasteiger partial charge in [-0.1, -0.05) is 0 Å². The number of hydrogen-bond acceptors (Lipinski definition) is 5. The molecule has 1 fully saturated rings. The molecule has 0 spiro atoms. The van der Waals surface area contributed by atoms with Crippen LogP contribution < -0.4 is 10.6 Å². The number of aliphatic hydroxyl groups excluding tert-OH is 1. The first-order chi connectivity index (χ1) is 10.7. The SMILES string of the molecule is CC(=O)NCCN1CC(CCO)CC(NC(=O)OC(C)(C)C)C1. The summed E-state index contributed by atoms with van der Waals surface area (Å²) in [7, 11) is 0. The quantitative estimate of drug-likeness (QED) is 0.668. The Morgan fingerprint density at radius 2 is 2.00 bits per heavy atom. The van der Waals surface area contributed by atoms with Crippen LogP contribution >= 0.6 is 0 Å². The molecule has 7 nitrogen and oxygen atoms in total. The van der Waals surface area contributed by atoms with Gasteiger partial charge in [0.25, 0.3) is 0 Å². The van der Waals surface area contributed by atoms with Crippen LogP contribution in [0.25, 0.3) is 0 Å². The summed E-state index contributed by atoms with van der Waals surface area (Å²) >= 11 is 0. The van der Waals surface area contributed by atoms with E-state index in [4.69, 9.17) is 4.74 Å². The normalized spacial score (nSPS) is 22.5. The minimum Gasteiger partial charge on any atom is -0.444 e. The van der Waals surface area contributed by atoms with Gasteiger partial charge >= 0.3 is 6.09 Å².